The zero-order valence-corrected chi connectivity index (χ0v) is 10.6. The number of hydrogen-bond donors (Lipinski definition) is 1. The Morgan fingerprint density at radius 2 is 2.22 bits per heavy atom. The van der Waals surface area contributed by atoms with E-state index in [9.17, 15) is 9.59 Å². The molecule has 1 fully saturated rings. The summed E-state index contributed by atoms with van der Waals surface area (Å²) in [5, 5.41) is 12.2. The predicted molar refractivity (Wildman–Crippen MR) is 64.1 cm³/mol. The lowest BCUT2D eigenvalue weighted by molar-refractivity contribution is -0.141. The molecule has 2 unspecified atom stereocenters. The Bertz CT molecular complexity index is 392. The Morgan fingerprint density at radius 3 is 2.72 bits per heavy atom. The van der Waals surface area contributed by atoms with Gasteiger partial charge in [-0.25, -0.2) is 4.79 Å². The number of carbonyl (C=O) groups excluding carboxylic acids is 1. The van der Waals surface area contributed by atoms with Crippen LogP contribution >= 0.6 is 0 Å². The molecule has 0 aliphatic carbocycles. The number of amides is 1. The Labute approximate surface area is 106 Å². The van der Waals surface area contributed by atoms with Gasteiger partial charge in [0.15, 0.2) is 5.71 Å². The minimum absolute atomic E-state index is 0.0665. The number of carboxylic acids is 1. The van der Waals surface area contributed by atoms with Crippen LogP contribution in [0.15, 0.2) is 5.16 Å². The molecule has 0 saturated carbocycles. The van der Waals surface area contributed by atoms with Crippen LogP contribution in [0, 0.1) is 11.8 Å². The van der Waals surface area contributed by atoms with E-state index in [-0.39, 0.29) is 18.0 Å². The molecule has 2 aliphatic rings. The van der Waals surface area contributed by atoms with Gasteiger partial charge in [0.2, 0.25) is 6.10 Å². The van der Waals surface area contributed by atoms with E-state index in [1.54, 1.807) is 4.90 Å². The predicted octanol–water partition coefficient (Wildman–Crippen LogP) is 0.720. The molecular formula is C12H18N2O4. The first-order chi connectivity index (χ1) is 8.49. The maximum atomic E-state index is 12.1. The fraction of sp³-hybridized carbons (Fsp3) is 0.750. The van der Waals surface area contributed by atoms with Crippen molar-refractivity contribution in [2.24, 2.45) is 17.0 Å². The maximum Gasteiger partial charge on any atom is 0.353 e. The van der Waals surface area contributed by atoms with Crippen LogP contribution in [0.25, 0.3) is 0 Å². The number of rotatable bonds is 3. The van der Waals surface area contributed by atoms with Gasteiger partial charge in [0, 0.05) is 19.5 Å². The molecule has 0 aromatic rings. The molecule has 18 heavy (non-hydrogen) atoms. The molecule has 2 rings (SSSR count). The van der Waals surface area contributed by atoms with Gasteiger partial charge in [-0.2, -0.15) is 0 Å². The van der Waals surface area contributed by atoms with Crippen LogP contribution in [-0.2, 0) is 14.4 Å². The van der Waals surface area contributed by atoms with Crippen LogP contribution in [0.2, 0.25) is 0 Å². The number of carbonyl (C=O) groups is 2. The van der Waals surface area contributed by atoms with Crippen molar-refractivity contribution in [1.82, 2.24) is 4.90 Å². The van der Waals surface area contributed by atoms with Gasteiger partial charge < -0.3 is 14.8 Å². The van der Waals surface area contributed by atoms with E-state index in [0.29, 0.717) is 11.8 Å². The molecule has 0 radical (unpaired) electrons. The minimum Gasteiger partial charge on any atom is -0.477 e. The van der Waals surface area contributed by atoms with Crippen molar-refractivity contribution in [3.8, 4) is 0 Å². The van der Waals surface area contributed by atoms with Crippen LogP contribution in [0.3, 0.4) is 0 Å². The maximum absolute atomic E-state index is 12.1. The van der Waals surface area contributed by atoms with Gasteiger partial charge in [0.05, 0.1) is 0 Å². The van der Waals surface area contributed by atoms with E-state index in [2.05, 4.69) is 19.0 Å². The van der Waals surface area contributed by atoms with Crippen LogP contribution < -0.4 is 0 Å². The Morgan fingerprint density at radius 1 is 1.50 bits per heavy atom. The zero-order chi connectivity index (χ0) is 13.3. The number of likely N-dealkylation sites (tertiary alicyclic amines) is 1. The fourth-order valence-electron chi connectivity index (χ4n) is 2.37. The van der Waals surface area contributed by atoms with Crippen molar-refractivity contribution >= 4 is 17.6 Å². The number of oxime groups is 1. The van der Waals surface area contributed by atoms with Gasteiger partial charge in [-0.05, 0) is 18.3 Å². The molecule has 100 valence electrons. The number of aliphatic carboxylic acids is 1. The molecule has 2 aliphatic heterocycles. The first-order valence-electron chi connectivity index (χ1n) is 6.23. The highest BCUT2D eigenvalue weighted by Gasteiger charge is 2.37. The van der Waals surface area contributed by atoms with Gasteiger partial charge in [-0.3, -0.25) is 4.79 Å². The molecule has 6 nitrogen and oxygen atoms in total. The lowest BCUT2D eigenvalue weighted by Crippen LogP contribution is -2.38. The van der Waals surface area contributed by atoms with Crippen molar-refractivity contribution in [1.29, 1.82) is 0 Å². The monoisotopic (exact) mass is 254 g/mol. The van der Waals surface area contributed by atoms with E-state index in [1.807, 2.05) is 0 Å². The van der Waals surface area contributed by atoms with Crippen LogP contribution in [0.1, 0.15) is 26.7 Å². The highest BCUT2D eigenvalue weighted by atomic mass is 16.6. The molecule has 1 N–H and O–H groups in total. The third kappa shape index (κ3) is 2.47. The van der Waals surface area contributed by atoms with Crippen LogP contribution in [-0.4, -0.2) is 46.8 Å². The van der Waals surface area contributed by atoms with Crippen molar-refractivity contribution in [2.45, 2.75) is 32.8 Å². The lowest BCUT2D eigenvalue weighted by Gasteiger charge is -2.20. The smallest absolute Gasteiger partial charge is 0.353 e. The summed E-state index contributed by atoms with van der Waals surface area (Å²) in [6.45, 7) is 5.76. The Kier molecular flexibility index (Phi) is 3.54. The van der Waals surface area contributed by atoms with Gasteiger partial charge in [0.25, 0.3) is 5.91 Å². The molecule has 2 heterocycles. The Hall–Kier alpha value is -1.59. The first-order valence-corrected chi connectivity index (χ1v) is 6.23. The minimum atomic E-state index is -1.12. The van der Waals surface area contributed by atoms with E-state index in [1.165, 1.54) is 0 Å². The van der Waals surface area contributed by atoms with Crippen LogP contribution in [0.4, 0.5) is 0 Å². The largest absolute Gasteiger partial charge is 0.477 e. The Balaban J connectivity index is 1.89. The molecule has 2 atom stereocenters. The molecule has 0 aromatic heterocycles. The lowest BCUT2D eigenvalue weighted by atomic mass is 9.95. The van der Waals surface area contributed by atoms with E-state index < -0.39 is 12.1 Å². The van der Waals surface area contributed by atoms with Crippen LogP contribution in [0.5, 0.6) is 0 Å². The molecule has 0 aromatic carbocycles. The van der Waals surface area contributed by atoms with E-state index in [0.717, 1.165) is 19.5 Å². The van der Waals surface area contributed by atoms with Gasteiger partial charge >= 0.3 is 5.97 Å². The molecule has 1 saturated heterocycles. The quantitative estimate of drug-likeness (QED) is 0.804. The standard InChI is InChI=1S/C12H18N2O4/c1-7(2)8-3-4-14(6-8)11(15)10-5-9(12(16)17)13-18-10/h7-8,10H,3-6H2,1-2H3,(H,16,17). The second kappa shape index (κ2) is 4.96. The summed E-state index contributed by atoms with van der Waals surface area (Å²) >= 11 is 0. The van der Waals surface area contributed by atoms with Gasteiger partial charge in [-0.15, -0.1) is 0 Å². The normalized spacial score (nSPS) is 27.3. The molecule has 6 heteroatoms. The number of hydrogen-bond acceptors (Lipinski definition) is 4. The van der Waals surface area contributed by atoms with Gasteiger partial charge in [-0.1, -0.05) is 19.0 Å². The third-order valence-electron chi connectivity index (χ3n) is 3.67. The van der Waals surface area contributed by atoms with E-state index >= 15 is 0 Å². The first kappa shape index (κ1) is 12.9. The summed E-state index contributed by atoms with van der Waals surface area (Å²) in [5.74, 6) is -0.182. The average Bonchev–Trinajstić information content (AvgIpc) is 2.97. The number of nitrogens with zero attached hydrogens (tertiary/aromatic N) is 2. The zero-order valence-electron chi connectivity index (χ0n) is 10.6. The molecule has 0 spiro atoms. The van der Waals surface area contributed by atoms with Crippen molar-refractivity contribution in [2.75, 3.05) is 13.1 Å². The second-order valence-electron chi connectivity index (χ2n) is 5.22. The number of carboxylic acid groups (broad SMARTS) is 1. The summed E-state index contributed by atoms with van der Waals surface area (Å²) in [6.07, 6.45) is 0.321. The molecule has 0 bridgehead atoms. The summed E-state index contributed by atoms with van der Waals surface area (Å²) in [5.41, 5.74) is -0.0760. The molecular weight excluding hydrogens is 236 g/mol. The second-order valence-corrected chi connectivity index (χ2v) is 5.22. The summed E-state index contributed by atoms with van der Waals surface area (Å²) in [4.78, 5) is 29.5. The summed E-state index contributed by atoms with van der Waals surface area (Å²) in [7, 11) is 0. The summed E-state index contributed by atoms with van der Waals surface area (Å²) in [6, 6.07) is 0. The van der Waals surface area contributed by atoms with E-state index in [4.69, 9.17) is 9.94 Å². The van der Waals surface area contributed by atoms with Crippen molar-refractivity contribution < 1.29 is 19.5 Å². The fourth-order valence-corrected chi connectivity index (χ4v) is 2.37. The summed E-state index contributed by atoms with van der Waals surface area (Å²) < 4.78 is 0. The molecule has 1 amide bonds. The average molecular weight is 254 g/mol. The van der Waals surface area contributed by atoms with Crippen molar-refractivity contribution in [3.05, 3.63) is 0 Å². The topological polar surface area (TPSA) is 79.2 Å². The highest BCUT2D eigenvalue weighted by Crippen LogP contribution is 2.25. The van der Waals surface area contributed by atoms with Crippen molar-refractivity contribution in [3.63, 3.8) is 0 Å². The third-order valence-corrected chi connectivity index (χ3v) is 3.67. The SMILES string of the molecule is CC(C)C1CCN(C(=O)C2CC(C(=O)O)=NO2)C1. The highest BCUT2D eigenvalue weighted by molar-refractivity contribution is 6.36. The van der Waals surface area contributed by atoms with Gasteiger partial charge in [0.1, 0.15) is 0 Å².